The first kappa shape index (κ1) is 15.0. The SMILES string of the molecule is O=C(CSc1ccc(F)cc1)NNC(=O)c1cccnc1. The van der Waals surface area contributed by atoms with Crippen LogP contribution in [0.3, 0.4) is 0 Å². The maximum atomic E-state index is 12.7. The molecule has 2 rings (SSSR count). The van der Waals surface area contributed by atoms with Gasteiger partial charge in [-0.3, -0.25) is 25.4 Å². The van der Waals surface area contributed by atoms with Crippen molar-refractivity contribution < 1.29 is 14.0 Å². The number of aromatic nitrogens is 1. The molecule has 1 aromatic carbocycles. The lowest BCUT2D eigenvalue weighted by molar-refractivity contribution is -0.119. The molecule has 0 saturated heterocycles. The third-order valence-corrected chi connectivity index (χ3v) is 3.43. The van der Waals surface area contributed by atoms with E-state index >= 15 is 0 Å². The van der Waals surface area contributed by atoms with E-state index in [2.05, 4.69) is 15.8 Å². The Morgan fingerprint density at radius 1 is 1.14 bits per heavy atom. The first-order valence-corrected chi connectivity index (χ1v) is 7.01. The summed E-state index contributed by atoms with van der Waals surface area (Å²) in [5, 5.41) is 0. The van der Waals surface area contributed by atoms with Crippen LogP contribution in [0.4, 0.5) is 4.39 Å². The number of hydrogen-bond donors (Lipinski definition) is 2. The summed E-state index contributed by atoms with van der Waals surface area (Å²) in [5.74, 6) is -1.02. The highest BCUT2D eigenvalue weighted by Crippen LogP contribution is 2.17. The highest BCUT2D eigenvalue weighted by atomic mass is 32.2. The summed E-state index contributed by atoms with van der Waals surface area (Å²) in [7, 11) is 0. The number of pyridine rings is 1. The predicted octanol–water partition coefficient (Wildman–Crippen LogP) is 1.77. The number of nitrogens with one attached hydrogen (secondary N) is 2. The van der Waals surface area contributed by atoms with Crippen LogP contribution in [-0.2, 0) is 4.79 Å². The van der Waals surface area contributed by atoms with E-state index < -0.39 is 5.91 Å². The molecule has 2 N–H and O–H groups in total. The lowest BCUT2D eigenvalue weighted by Crippen LogP contribution is -2.42. The third kappa shape index (κ3) is 4.88. The first-order chi connectivity index (χ1) is 10.1. The summed E-state index contributed by atoms with van der Waals surface area (Å²) >= 11 is 1.24. The van der Waals surface area contributed by atoms with E-state index in [-0.39, 0.29) is 17.5 Å². The zero-order valence-corrected chi connectivity index (χ0v) is 11.7. The summed E-state index contributed by atoms with van der Waals surface area (Å²) in [4.78, 5) is 27.8. The number of amides is 2. The molecule has 1 aromatic heterocycles. The first-order valence-electron chi connectivity index (χ1n) is 6.03. The van der Waals surface area contributed by atoms with Gasteiger partial charge in [0, 0.05) is 17.3 Å². The second-order valence-corrected chi connectivity index (χ2v) is 5.04. The molecule has 0 radical (unpaired) electrons. The van der Waals surface area contributed by atoms with Gasteiger partial charge in [0.2, 0.25) is 5.91 Å². The average Bonchev–Trinajstić information content (AvgIpc) is 2.53. The maximum Gasteiger partial charge on any atom is 0.271 e. The smallest absolute Gasteiger partial charge is 0.271 e. The summed E-state index contributed by atoms with van der Waals surface area (Å²) < 4.78 is 12.7. The lowest BCUT2D eigenvalue weighted by Gasteiger charge is -2.07. The molecular weight excluding hydrogens is 293 g/mol. The fourth-order valence-electron chi connectivity index (χ4n) is 1.41. The van der Waals surface area contributed by atoms with Gasteiger partial charge in [0.1, 0.15) is 5.82 Å². The topological polar surface area (TPSA) is 71.1 Å². The monoisotopic (exact) mass is 305 g/mol. The number of rotatable bonds is 4. The molecule has 7 heteroatoms. The molecule has 108 valence electrons. The van der Waals surface area contributed by atoms with Crippen molar-refractivity contribution in [3.8, 4) is 0 Å². The Morgan fingerprint density at radius 2 is 1.90 bits per heavy atom. The Balaban J connectivity index is 1.75. The maximum absolute atomic E-state index is 12.7. The van der Waals surface area contributed by atoms with Crippen LogP contribution in [-0.4, -0.2) is 22.6 Å². The average molecular weight is 305 g/mol. The minimum atomic E-state index is -0.441. The molecule has 0 aliphatic heterocycles. The minimum absolute atomic E-state index is 0.110. The predicted molar refractivity (Wildman–Crippen MR) is 77.0 cm³/mol. The van der Waals surface area contributed by atoms with Crippen molar-refractivity contribution in [1.82, 2.24) is 15.8 Å². The van der Waals surface area contributed by atoms with E-state index in [9.17, 15) is 14.0 Å². The molecule has 21 heavy (non-hydrogen) atoms. The van der Waals surface area contributed by atoms with Gasteiger partial charge in [0.25, 0.3) is 5.91 Å². The number of benzene rings is 1. The van der Waals surface area contributed by atoms with Crippen molar-refractivity contribution in [2.75, 3.05) is 5.75 Å². The van der Waals surface area contributed by atoms with E-state index in [0.29, 0.717) is 5.56 Å². The Hall–Kier alpha value is -2.41. The van der Waals surface area contributed by atoms with Gasteiger partial charge in [0.05, 0.1) is 11.3 Å². The minimum Gasteiger partial charge on any atom is -0.272 e. The van der Waals surface area contributed by atoms with Gasteiger partial charge in [-0.15, -0.1) is 11.8 Å². The number of hydrazine groups is 1. The van der Waals surface area contributed by atoms with Crippen molar-refractivity contribution in [3.63, 3.8) is 0 Å². The molecule has 0 spiro atoms. The van der Waals surface area contributed by atoms with E-state index in [1.165, 1.54) is 30.1 Å². The Bertz CT molecular complexity index is 620. The van der Waals surface area contributed by atoms with Gasteiger partial charge >= 0.3 is 0 Å². The van der Waals surface area contributed by atoms with Gasteiger partial charge in [0.15, 0.2) is 0 Å². The fourth-order valence-corrected chi connectivity index (χ4v) is 2.11. The molecule has 2 amide bonds. The van der Waals surface area contributed by atoms with Crippen LogP contribution in [0.15, 0.2) is 53.7 Å². The van der Waals surface area contributed by atoms with Crippen molar-refractivity contribution in [3.05, 3.63) is 60.2 Å². The normalized spacial score (nSPS) is 9.95. The molecule has 0 fully saturated rings. The van der Waals surface area contributed by atoms with Crippen molar-refractivity contribution in [2.45, 2.75) is 4.90 Å². The highest BCUT2D eigenvalue weighted by Gasteiger charge is 2.07. The number of carbonyl (C=O) groups is 2. The molecule has 5 nitrogen and oxygen atoms in total. The lowest BCUT2D eigenvalue weighted by atomic mass is 10.3. The highest BCUT2D eigenvalue weighted by molar-refractivity contribution is 8.00. The van der Waals surface area contributed by atoms with Crippen LogP contribution < -0.4 is 10.9 Å². The fraction of sp³-hybridized carbons (Fsp3) is 0.0714. The molecule has 0 saturated carbocycles. The molecule has 2 aromatic rings. The summed E-state index contributed by atoms with van der Waals surface area (Å²) in [6.45, 7) is 0. The second-order valence-electron chi connectivity index (χ2n) is 3.99. The number of hydrogen-bond acceptors (Lipinski definition) is 4. The van der Waals surface area contributed by atoms with Crippen LogP contribution in [0, 0.1) is 5.82 Å². The number of carbonyl (C=O) groups excluding carboxylic acids is 2. The standard InChI is InChI=1S/C14H12FN3O2S/c15-11-3-5-12(6-4-11)21-9-13(19)17-18-14(20)10-2-1-7-16-8-10/h1-8H,9H2,(H,17,19)(H,18,20). The van der Waals surface area contributed by atoms with Crippen molar-refractivity contribution >= 4 is 23.6 Å². The Morgan fingerprint density at radius 3 is 2.57 bits per heavy atom. The van der Waals surface area contributed by atoms with E-state index in [1.54, 1.807) is 30.5 Å². The van der Waals surface area contributed by atoms with Gasteiger partial charge in [-0.1, -0.05) is 0 Å². The zero-order chi connectivity index (χ0) is 15.1. The molecular formula is C14H12FN3O2S. The van der Waals surface area contributed by atoms with Gasteiger partial charge in [-0.05, 0) is 36.4 Å². The van der Waals surface area contributed by atoms with Crippen molar-refractivity contribution in [1.29, 1.82) is 0 Å². The van der Waals surface area contributed by atoms with Crippen LogP contribution in [0.1, 0.15) is 10.4 Å². The van der Waals surface area contributed by atoms with Crippen LogP contribution in [0.25, 0.3) is 0 Å². The van der Waals surface area contributed by atoms with Gasteiger partial charge in [-0.2, -0.15) is 0 Å². The van der Waals surface area contributed by atoms with Crippen molar-refractivity contribution in [2.24, 2.45) is 0 Å². The summed E-state index contributed by atoms with van der Waals surface area (Å²) in [6, 6.07) is 9.03. The van der Waals surface area contributed by atoms with Crippen LogP contribution >= 0.6 is 11.8 Å². The molecule has 0 aliphatic rings. The van der Waals surface area contributed by atoms with Crippen LogP contribution in [0.5, 0.6) is 0 Å². The summed E-state index contributed by atoms with van der Waals surface area (Å²) in [5.41, 5.74) is 4.94. The largest absolute Gasteiger partial charge is 0.272 e. The molecule has 0 aliphatic carbocycles. The van der Waals surface area contributed by atoms with E-state index in [1.807, 2.05) is 0 Å². The van der Waals surface area contributed by atoms with Crippen LogP contribution in [0.2, 0.25) is 0 Å². The third-order valence-electron chi connectivity index (χ3n) is 2.42. The van der Waals surface area contributed by atoms with Gasteiger partial charge in [-0.25, -0.2) is 4.39 Å². The number of halogens is 1. The van der Waals surface area contributed by atoms with E-state index in [0.717, 1.165) is 4.90 Å². The summed E-state index contributed by atoms with van der Waals surface area (Å²) in [6.07, 6.45) is 2.95. The number of nitrogens with zero attached hydrogens (tertiary/aromatic N) is 1. The van der Waals surface area contributed by atoms with Gasteiger partial charge < -0.3 is 0 Å². The second kappa shape index (κ2) is 7.39. The zero-order valence-electron chi connectivity index (χ0n) is 10.9. The Kier molecular flexibility index (Phi) is 5.28. The molecule has 1 heterocycles. The Labute approximate surface area is 124 Å². The van der Waals surface area contributed by atoms with E-state index in [4.69, 9.17) is 0 Å². The molecule has 0 bridgehead atoms. The number of thioether (sulfide) groups is 1. The molecule has 0 atom stereocenters. The molecule has 0 unspecified atom stereocenters. The quantitative estimate of drug-likeness (QED) is 0.667.